The predicted octanol–water partition coefficient (Wildman–Crippen LogP) is 0.579. The molecule has 0 aromatic heterocycles. The normalized spacial score (nSPS) is 23.1. The van der Waals surface area contributed by atoms with E-state index in [-0.39, 0.29) is 0 Å². The van der Waals surface area contributed by atoms with Crippen LogP contribution in [0.1, 0.15) is 19.3 Å². The molecule has 0 aliphatic carbocycles. The van der Waals surface area contributed by atoms with Gasteiger partial charge < -0.3 is 0 Å². The van der Waals surface area contributed by atoms with Crippen LogP contribution in [0.3, 0.4) is 0 Å². The first-order chi connectivity index (χ1) is 7.27. The van der Waals surface area contributed by atoms with Gasteiger partial charge in [-0.15, -0.1) is 0 Å². The molecule has 1 amide bonds. The summed E-state index contributed by atoms with van der Waals surface area (Å²) in [5, 5.41) is 0. The van der Waals surface area contributed by atoms with Crippen LogP contribution >= 0.6 is 0 Å². The summed E-state index contributed by atoms with van der Waals surface area (Å²) in [5.41, 5.74) is 0.580. The Morgan fingerprint density at radius 3 is 2.67 bits per heavy atom. The van der Waals surface area contributed by atoms with E-state index in [1.54, 1.807) is 6.08 Å². The van der Waals surface area contributed by atoms with Crippen LogP contribution < -0.4 is 0 Å². The molecule has 0 spiro atoms. The summed E-state index contributed by atoms with van der Waals surface area (Å²) in [7, 11) is 0. The lowest BCUT2D eigenvalue weighted by atomic mass is 10.1. The first-order valence-electron chi connectivity index (χ1n) is 5.31. The van der Waals surface area contributed by atoms with Gasteiger partial charge in [-0.1, -0.05) is 6.42 Å². The van der Waals surface area contributed by atoms with Crippen molar-refractivity contribution >= 4 is 17.9 Å². The van der Waals surface area contributed by atoms with Crippen LogP contribution in [-0.4, -0.2) is 42.4 Å². The maximum atomic E-state index is 11.4. The first-order valence-corrected chi connectivity index (χ1v) is 5.31. The molecular formula is C11H14N2O2. The maximum absolute atomic E-state index is 11.4. The van der Waals surface area contributed by atoms with Crippen molar-refractivity contribution in [2.75, 3.05) is 19.6 Å². The highest BCUT2D eigenvalue weighted by atomic mass is 16.2. The van der Waals surface area contributed by atoms with Gasteiger partial charge in [0.1, 0.15) is 0 Å². The van der Waals surface area contributed by atoms with Crippen molar-refractivity contribution in [1.82, 2.24) is 4.90 Å². The van der Waals surface area contributed by atoms with Crippen LogP contribution in [0.15, 0.2) is 16.6 Å². The van der Waals surface area contributed by atoms with Gasteiger partial charge in [-0.2, -0.15) is 0 Å². The molecule has 4 heteroatoms. The SMILES string of the molecule is O=C1N=CC=C(CN2CCCCC2)C1=O. The van der Waals surface area contributed by atoms with Gasteiger partial charge in [-0.3, -0.25) is 14.5 Å². The molecule has 0 N–H and O–H groups in total. The van der Waals surface area contributed by atoms with Crippen molar-refractivity contribution < 1.29 is 9.59 Å². The number of Topliss-reactive ketones (excluding diaryl/α,β-unsaturated/α-hetero) is 1. The number of aliphatic imine (C=N–C) groups is 1. The average Bonchev–Trinajstić information content (AvgIpc) is 2.26. The number of piperidine rings is 1. The molecule has 2 heterocycles. The first kappa shape index (κ1) is 10.2. The Hall–Kier alpha value is -1.29. The van der Waals surface area contributed by atoms with Crippen molar-refractivity contribution in [3.05, 3.63) is 11.6 Å². The number of allylic oxidation sites excluding steroid dienone is 1. The standard InChI is InChI=1S/C11H14N2O2/c14-10-9(4-5-12-11(10)15)8-13-6-2-1-3-7-13/h4-5H,1-3,6-8H2. The lowest BCUT2D eigenvalue weighted by Gasteiger charge is -2.26. The largest absolute Gasteiger partial charge is 0.317 e. The highest BCUT2D eigenvalue weighted by Gasteiger charge is 2.22. The third-order valence-corrected chi connectivity index (χ3v) is 2.80. The Morgan fingerprint density at radius 2 is 1.93 bits per heavy atom. The van der Waals surface area contributed by atoms with Gasteiger partial charge in [0.25, 0.3) is 0 Å². The summed E-state index contributed by atoms with van der Waals surface area (Å²) in [4.78, 5) is 28.1. The van der Waals surface area contributed by atoms with Gasteiger partial charge in [0, 0.05) is 18.3 Å². The van der Waals surface area contributed by atoms with Gasteiger partial charge in [0.05, 0.1) is 0 Å². The number of likely N-dealkylation sites (tertiary alicyclic amines) is 1. The van der Waals surface area contributed by atoms with E-state index in [1.165, 1.54) is 25.5 Å². The van der Waals surface area contributed by atoms with Gasteiger partial charge >= 0.3 is 5.91 Å². The third kappa shape index (κ3) is 2.39. The Kier molecular flexibility index (Phi) is 3.06. The van der Waals surface area contributed by atoms with Crippen molar-refractivity contribution in [1.29, 1.82) is 0 Å². The van der Waals surface area contributed by atoms with Gasteiger partial charge in [-0.05, 0) is 32.0 Å². The Morgan fingerprint density at radius 1 is 1.20 bits per heavy atom. The summed E-state index contributed by atoms with van der Waals surface area (Å²) in [6.45, 7) is 2.64. The molecule has 1 fully saturated rings. The minimum absolute atomic E-state index is 0.442. The molecule has 4 nitrogen and oxygen atoms in total. The van der Waals surface area contributed by atoms with Crippen LogP contribution in [0.2, 0.25) is 0 Å². The molecule has 0 atom stereocenters. The second-order valence-corrected chi connectivity index (χ2v) is 3.94. The number of carbonyl (C=O) groups is 2. The molecule has 2 rings (SSSR count). The number of carbonyl (C=O) groups excluding carboxylic acids is 2. The van der Waals surface area contributed by atoms with E-state index in [1.807, 2.05) is 0 Å². The number of dihydropyridines is 1. The van der Waals surface area contributed by atoms with Crippen LogP contribution in [0.5, 0.6) is 0 Å². The van der Waals surface area contributed by atoms with E-state index in [0.717, 1.165) is 13.1 Å². The fourth-order valence-electron chi connectivity index (χ4n) is 1.95. The van der Waals surface area contributed by atoms with E-state index >= 15 is 0 Å². The zero-order valence-electron chi connectivity index (χ0n) is 8.61. The molecule has 1 saturated heterocycles. The number of amides is 1. The third-order valence-electron chi connectivity index (χ3n) is 2.80. The molecule has 80 valence electrons. The van der Waals surface area contributed by atoms with Crippen molar-refractivity contribution in [3.8, 4) is 0 Å². The molecule has 2 aliphatic heterocycles. The van der Waals surface area contributed by atoms with E-state index < -0.39 is 11.7 Å². The summed E-state index contributed by atoms with van der Waals surface area (Å²) in [5.74, 6) is -1.08. The molecule has 0 aromatic carbocycles. The average molecular weight is 206 g/mol. The van der Waals surface area contributed by atoms with E-state index in [0.29, 0.717) is 12.1 Å². The second-order valence-electron chi connectivity index (χ2n) is 3.94. The van der Waals surface area contributed by atoms with Crippen molar-refractivity contribution in [3.63, 3.8) is 0 Å². The van der Waals surface area contributed by atoms with Crippen LogP contribution in [0, 0.1) is 0 Å². The smallest absolute Gasteiger partial charge is 0.299 e. The monoisotopic (exact) mass is 206 g/mol. The van der Waals surface area contributed by atoms with Crippen molar-refractivity contribution in [2.45, 2.75) is 19.3 Å². The van der Waals surface area contributed by atoms with Crippen molar-refractivity contribution in [2.24, 2.45) is 4.99 Å². The quantitative estimate of drug-likeness (QED) is 0.621. The Balaban J connectivity index is 1.98. The molecule has 15 heavy (non-hydrogen) atoms. The Bertz CT molecular complexity index is 338. The summed E-state index contributed by atoms with van der Waals surface area (Å²) >= 11 is 0. The van der Waals surface area contributed by atoms with Crippen LogP contribution in [0.25, 0.3) is 0 Å². The minimum Gasteiger partial charge on any atom is -0.299 e. The molecule has 0 saturated carbocycles. The number of hydrogen-bond acceptors (Lipinski definition) is 3. The molecular weight excluding hydrogens is 192 g/mol. The second kappa shape index (κ2) is 4.49. The van der Waals surface area contributed by atoms with E-state index in [9.17, 15) is 9.59 Å². The maximum Gasteiger partial charge on any atom is 0.317 e. The Labute approximate surface area is 88.7 Å². The number of ketones is 1. The van der Waals surface area contributed by atoms with Gasteiger partial charge in [0.15, 0.2) is 0 Å². The van der Waals surface area contributed by atoms with E-state index in [4.69, 9.17) is 0 Å². The van der Waals surface area contributed by atoms with Crippen LogP contribution in [-0.2, 0) is 9.59 Å². The molecule has 0 bridgehead atoms. The fourth-order valence-corrected chi connectivity index (χ4v) is 1.95. The molecule has 0 aromatic rings. The number of hydrogen-bond donors (Lipinski definition) is 0. The molecule has 0 unspecified atom stereocenters. The lowest BCUT2D eigenvalue weighted by molar-refractivity contribution is -0.133. The van der Waals surface area contributed by atoms with Gasteiger partial charge in [-0.25, -0.2) is 4.99 Å². The highest BCUT2D eigenvalue weighted by Crippen LogP contribution is 2.12. The molecule has 0 radical (unpaired) electrons. The number of rotatable bonds is 2. The summed E-state index contributed by atoms with van der Waals surface area (Å²) in [6.07, 6.45) is 6.71. The minimum atomic E-state index is -0.635. The zero-order chi connectivity index (χ0) is 10.7. The van der Waals surface area contributed by atoms with Gasteiger partial charge in [0.2, 0.25) is 5.78 Å². The fraction of sp³-hybridized carbons (Fsp3) is 0.545. The lowest BCUT2D eigenvalue weighted by Crippen LogP contribution is -2.34. The predicted molar refractivity (Wildman–Crippen MR) is 56.9 cm³/mol. The van der Waals surface area contributed by atoms with E-state index in [2.05, 4.69) is 9.89 Å². The number of nitrogens with zero attached hydrogens (tertiary/aromatic N) is 2. The highest BCUT2D eigenvalue weighted by molar-refractivity contribution is 6.45. The topological polar surface area (TPSA) is 49.7 Å². The summed E-state index contributed by atoms with van der Waals surface area (Å²) < 4.78 is 0. The molecule has 2 aliphatic rings. The van der Waals surface area contributed by atoms with Crippen LogP contribution in [0.4, 0.5) is 0 Å². The summed E-state index contributed by atoms with van der Waals surface area (Å²) in [6, 6.07) is 0. The zero-order valence-corrected chi connectivity index (χ0v) is 8.61.